The van der Waals surface area contributed by atoms with Crippen molar-refractivity contribution in [3.8, 4) is 11.1 Å². The van der Waals surface area contributed by atoms with Crippen LogP contribution in [0.5, 0.6) is 0 Å². The smallest absolute Gasteiger partial charge is 0.411 e. The van der Waals surface area contributed by atoms with Crippen LogP contribution in [-0.2, 0) is 12.6 Å². The Kier molecular flexibility index (Phi) is 7.02. The van der Waals surface area contributed by atoms with E-state index in [0.717, 1.165) is 18.2 Å². The molecule has 1 atom stereocenters. The van der Waals surface area contributed by atoms with E-state index in [4.69, 9.17) is 0 Å². The molecular weight excluding hydrogens is 537 g/mol. The van der Waals surface area contributed by atoms with Crippen LogP contribution in [0.25, 0.3) is 11.1 Å². The van der Waals surface area contributed by atoms with Gasteiger partial charge in [0.25, 0.3) is 5.56 Å². The predicted molar refractivity (Wildman–Crippen MR) is 137 cm³/mol. The molecule has 39 heavy (non-hydrogen) atoms. The monoisotopic (exact) mass is 557 g/mol. The lowest BCUT2D eigenvalue weighted by molar-refractivity contribution is -0.138. The van der Waals surface area contributed by atoms with Crippen molar-refractivity contribution in [3.63, 3.8) is 0 Å². The van der Waals surface area contributed by atoms with Crippen molar-refractivity contribution in [3.05, 3.63) is 117 Å². The van der Waals surface area contributed by atoms with Gasteiger partial charge in [-0.1, -0.05) is 41.6 Å². The standard InChI is InChI=1S/C28H20F5N3O2S/c1-15-18(13-19-20(28(31,32)33)10-5-11-21(19)29)27-36(26(37)23(15)17-9-6-12-34-25(17)30)22(14-39-27)24(35-38)16-7-3-2-4-8-16/h2-12,22,38H,13-14H2,1H3/b35-24+. The molecule has 5 nitrogen and oxygen atoms in total. The Balaban J connectivity index is 1.80. The quantitative estimate of drug-likeness (QED) is 0.0984. The van der Waals surface area contributed by atoms with Crippen LogP contribution in [0.2, 0.25) is 0 Å². The third kappa shape index (κ3) is 4.71. The highest BCUT2D eigenvalue weighted by Gasteiger charge is 2.38. The average Bonchev–Trinajstić information content (AvgIpc) is 3.34. The highest BCUT2D eigenvalue weighted by molar-refractivity contribution is 7.99. The number of halogens is 5. The molecule has 0 spiro atoms. The number of rotatable bonds is 5. The van der Waals surface area contributed by atoms with Crippen molar-refractivity contribution < 1.29 is 27.2 Å². The third-order valence-corrected chi connectivity index (χ3v) is 7.92. The molecule has 1 N–H and O–H groups in total. The molecule has 2 aromatic carbocycles. The number of hydrogen-bond acceptors (Lipinski definition) is 5. The zero-order valence-electron chi connectivity index (χ0n) is 20.3. The summed E-state index contributed by atoms with van der Waals surface area (Å²) in [6, 6.07) is 13.3. The second kappa shape index (κ2) is 10.3. The Bertz CT molecular complexity index is 1650. The number of hydrogen-bond donors (Lipinski definition) is 1. The molecule has 0 radical (unpaired) electrons. The summed E-state index contributed by atoms with van der Waals surface area (Å²) in [4.78, 5) is 17.6. The second-order valence-electron chi connectivity index (χ2n) is 8.92. The number of oxime groups is 1. The van der Waals surface area contributed by atoms with E-state index >= 15 is 0 Å². The first-order valence-corrected chi connectivity index (χ1v) is 12.8. The van der Waals surface area contributed by atoms with Crippen LogP contribution in [0.15, 0.2) is 81.8 Å². The van der Waals surface area contributed by atoms with Gasteiger partial charge in [0.05, 0.1) is 22.2 Å². The maximum absolute atomic E-state index is 14.9. The molecule has 0 aliphatic carbocycles. The molecule has 11 heteroatoms. The van der Waals surface area contributed by atoms with Crippen LogP contribution in [0, 0.1) is 18.7 Å². The Morgan fingerprint density at radius 1 is 1.08 bits per heavy atom. The summed E-state index contributed by atoms with van der Waals surface area (Å²) < 4.78 is 72.6. The van der Waals surface area contributed by atoms with Gasteiger partial charge in [-0.05, 0) is 42.3 Å². The molecule has 5 rings (SSSR count). The number of benzene rings is 2. The van der Waals surface area contributed by atoms with Gasteiger partial charge in [0, 0.05) is 35.1 Å². The molecule has 200 valence electrons. The molecule has 1 unspecified atom stereocenters. The van der Waals surface area contributed by atoms with E-state index in [1.807, 2.05) is 0 Å². The van der Waals surface area contributed by atoms with E-state index < -0.39 is 47.1 Å². The summed E-state index contributed by atoms with van der Waals surface area (Å²) in [7, 11) is 0. The summed E-state index contributed by atoms with van der Waals surface area (Å²) in [5, 5.41) is 13.7. The average molecular weight is 558 g/mol. The largest absolute Gasteiger partial charge is 0.416 e. The summed E-state index contributed by atoms with van der Waals surface area (Å²) in [5.74, 6) is -1.78. The normalized spacial score (nSPS) is 15.4. The lowest BCUT2D eigenvalue weighted by atomic mass is 9.92. The van der Waals surface area contributed by atoms with Gasteiger partial charge in [0.1, 0.15) is 11.5 Å². The maximum Gasteiger partial charge on any atom is 0.416 e. The molecule has 1 aliphatic rings. The summed E-state index contributed by atoms with van der Waals surface area (Å²) in [6.07, 6.45) is -4.12. The van der Waals surface area contributed by atoms with E-state index in [2.05, 4.69) is 10.1 Å². The third-order valence-electron chi connectivity index (χ3n) is 6.73. The minimum atomic E-state index is -4.82. The van der Waals surface area contributed by atoms with Crippen LogP contribution in [0.3, 0.4) is 0 Å². The van der Waals surface area contributed by atoms with Gasteiger partial charge < -0.3 is 5.21 Å². The number of alkyl halides is 3. The van der Waals surface area contributed by atoms with Gasteiger partial charge in [0.15, 0.2) is 0 Å². The molecular formula is C28H20F5N3O2S. The Morgan fingerprint density at radius 3 is 2.49 bits per heavy atom. The van der Waals surface area contributed by atoms with Gasteiger partial charge in [-0.15, -0.1) is 11.8 Å². The van der Waals surface area contributed by atoms with Crippen molar-refractivity contribution in [1.29, 1.82) is 0 Å². The van der Waals surface area contributed by atoms with Crippen LogP contribution in [0.4, 0.5) is 22.0 Å². The zero-order valence-corrected chi connectivity index (χ0v) is 21.2. The first kappa shape index (κ1) is 26.6. The number of aromatic nitrogens is 2. The van der Waals surface area contributed by atoms with Crippen molar-refractivity contribution in [2.45, 2.75) is 30.6 Å². The number of fused-ring (bicyclic) bond motifs is 1. The Hall–Kier alpha value is -3.99. The minimum absolute atomic E-state index is 0.109. The first-order chi connectivity index (χ1) is 18.6. The second-order valence-corrected chi connectivity index (χ2v) is 9.93. The minimum Gasteiger partial charge on any atom is -0.411 e. The topological polar surface area (TPSA) is 67.5 Å². The van der Waals surface area contributed by atoms with Gasteiger partial charge >= 0.3 is 6.18 Å². The highest BCUT2D eigenvalue weighted by Crippen LogP contribution is 2.42. The van der Waals surface area contributed by atoms with E-state index in [1.165, 1.54) is 41.6 Å². The summed E-state index contributed by atoms with van der Waals surface area (Å²) in [6.45, 7) is 1.50. The van der Waals surface area contributed by atoms with Crippen LogP contribution >= 0.6 is 11.8 Å². The van der Waals surface area contributed by atoms with Gasteiger partial charge in [-0.2, -0.15) is 17.6 Å². The zero-order chi connectivity index (χ0) is 27.9. The number of nitrogens with zero attached hydrogens (tertiary/aromatic N) is 3. The van der Waals surface area contributed by atoms with Crippen molar-refractivity contribution >= 4 is 17.5 Å². The molecule has 0 bridgehead atoms. The fourth-order valence-corrected chi connectivity index (χ4v) is 6.28. The van der Waals surface area contributed by atoms with E-state index in [0.29, 0.717) is 10.6 Å². The lowest BCUT2D eigenvalue weighted by Gasteiger charge is -2.22. The predicted octanol–water partition coefficient (Wildman–Crippen LogP) is 6.63. The SMILES string of the molecule is Cc1c(Cc2c(F)cccc2C(F)(F)F)c2n(c(=O)c1-c1cccnc1F)C(/C(=N/O)c1ccccc1)CS2. The molecule has 0 saturated carbocycles. The van der Waals surface area contributed by atoms with Gasteiger partial charge in [-0.25, -0.2) is 9.37 Å². The number of thioether (sulfide) groups is 1. The van der Waals surface area contributed by atoms with Gasteiger partial charge in [0.2, 0.25) is 5.95 Å². The molecule has 1 aliphatic heterocycles. The number of pyridine rings is 2. The van der Waals surface area contributed by atoms with E-state index in [1.54, 1.807) is 30.3 Å². The Labute approximate surface area is 223 Å². The molecule has 0 amide bonds. The van der Waals surface area contributed by atoms with Crippen molar-refractivity contribution in [1.82, 2.24) is 9.55 Å². The Morgan fingerprint density at radius 2 is 1.82 bits per heavy atom. The van der Waals surface area contributed by atoms with Crippen LogP contribution in [-0.4, -0.2) is 26.2 Å². The van der Waals surface area contributed by atoms with E-state index in [-0.39, 0.29) is 33.7 Å². The molecule has 0 saturated heterocycles. The fraction of sp³-hybridized carbons (Fsp3) is 0.179. The maximum atomic E-state index is 14.9. The van der Waals surface area contributed by atoms with Crippen molar-refractivity contribution in [2.75, 3.05) is 5.75 Å². The van der Waals surface area contributed by atoms with Crippen LogP contribution < -0.4 is 5.56 Å². The molecule has 0 fully saturated rings. The molecule has 4 aromatic rings. The first-order valence-electron chi connectivity index (χ1n) is 11.8. The molecule has 3 heterocycles. The van der Waals surface area contributed by atoms with Gasteiger partial charge in [-0.3, -0.25) is 9.36 Å². The van der Waals surface area contributed by atoms with E-state index in [9.17, 15) is 32.0 Å². The van der Waals surface area contributed by atoms with Crippen LogP contribution in [0.1, 0.15) is 33.9 Å². The lowest BCUT2D eigenvalue weighted by Crippen LogP contribution is -2.32. The highest BCUT2D eigenvalue weighted by atomic mass is 32.2. The summed E-state index contributed by atoms with van der Waals surface area (Å²) in [5.41, 5.74) is -1.48. The summed E-state index contributed by atoms with van der Waals surface area (Å²) >= 11 is 1.17. The van der Waals surface area contributed by atoms with Crippen molar-refractivity contribution in [2.24, 2.45) is 5.16 Å². The fourth-order valence-electron chi connectivity index (χ4n) is 4.91. The molecule has 2 aromatic heterocycles.